The first-order chi connectivity index (χ1) is 7.63. The number of likely N-dealkylation sites (N-methyl/N-ethyl adjacent to an activating group) is 1. The second-order valence-corrected chi connectivity index (χ2v) is 4.43. The SMILES string of the molecule is CN(C(=O)c1ccn(C)n1)C(CN)C1CC1. The normalized spacial score (nSPS) is 17.2. The van der Waals surface area contributed by atoms with Crippen molar-refractivity contribution in [3.63, 3.8) is 0 Å². The second-order valence-electron chi connectivity index (χ2n) is 4.43. The van der Waals surface area contributed by atoms with Crippen LogP contribution in [0.2, 0.25) is 0 Å². The molecule has 1 heterocycles. The number of carbonyl (C=O) groups is 1. The minimum atomic E-state index is -0.0389. The molecule has 16 heavy (non-hydrogen) atoms. The second kappa shape index (κ2) is 4.25. The molecule has 5 nitrogen and oxygen atoms in total. The summed E-state index contributed by atoms with van der Waals surface area (Å²) in [6.07, 6.45) is 4.14. The summed E-state index contributed by atoms with van der Waals surface area (Å²) in [5.41, 5.74) is 6.21. The van der Waals surface area contributed by atoms with Gasteiger partial charge in [-0.25, -0.2) is 0 Å². The molecule has 1 aromatic rings. The molecule has 5 heteroatoms. The van der Waals surface area contributed by atoms with Gasteiger partial charge in [-0.05, 0) is 24.8 Å². The zero-order chi connectivity index (χ0) is 11.7. The Hall–Kier alpha value is -1.36. The fourth-order valence-electron chi connectivity index (χ4n) is 2.01. The average molecular weight is 222 g/mol. The van der Waals surface area contributed by atoms with Gasteiger partial charge in [0.2, 0.25) is 0 Å². The number of rotatable bonds is 4. The lowest BCUT2D eigenvalue weighted by Crippen LogP contribution is -2.43. The van der Waals surface area contributed by atoms with Crippen molar-refractivity contribution in [2.75, 3.05) is 13.6 Å². The van der Waals surface area contributed by atoms with Crippen LogP contribution in [0, 0.1) is 5.92 Å². The van der Waals surface area contributed by atoms with Gasteiger partial charge in [0, 0.05) is 32.9 Å². The lowest BCUT2D eigenvalue weighted by Gasteiger charge is -2.26. The minimum absolute atomic E-state index is 0.0389. The third-order valence-corrected chi connectivity index (χ3v) is 3.16. The van der Waals surface area contributed by atoms with E-state index in [1.54, 1.807) is 28.9 Å². The predicted octanol–water partition coefficient (Wildman–Crippen LogP) is 0.229. The molecule has 0 saturated heterocycles. The van der Waals surface area contributed by atoms with Gasteiger partial charge in [-0.3, -0.25) is 9.48 Å². The summed E-state index contributed by atoms with van der Waals surface area (Å²) in [7, 11) is 3.62. The highest BCUT2D eigenvalue weighted by Crippen LogP contribution is 2.34. The first-order valence-electron chi connectivity index (χ1n) is 5.60. The largest absolute Gasteiger partial charge is 0.336 e. The Kier molecular flexibility index (Phi) is 2.96. The Balaban J connectivity index is 2.08. The van der Waals surface area contributed by atoms with Crippen molar-refractivity contribution in [2.24, 2.45) is 18.7 Å². The minimum Gasteiger partial charge on any atom is -0.336 e. The number of aromatic nitrogens is 2. The third-order valence-electron chi connectivity index (χ3n) is 3.16. The highest BCUT2D eigenvalue weighted by atomic mass is 16.2. The van der Waals surface area contributed by atoms with Crippen molar-refractivity contribution in [1.82, 2.24) is 14.7 Å². The van der Waals surface area contributed by atoms with Crippen molar-refractivity contribution < 1.29 is 4.79 Å². The fraction of sp³-hybridized carbons (Fsp3) is 0.636. The van der Waals surface area contributed by atoms with E-state index in [1.807, 2.05) is 7.05 Å². The van der Waals surface area contributed by atoms with E-state index in [0.29, 0.717) is 18.2 Å². The average Bonchev–Trinajstić information content (AvgIpc) is 3.00. The highest BCUT2D eigenvalue weighted by molar-refractivity contribution is 5.92. The third kappa shape index (κ3) is 2.09. The topological polar surface area (TPSA) is 64.2 Å². The molecule has 1 aromatic heterocycles. The van der Waals surface area contributed by atoms with E-state index in [2.05, 4.69) is 5.10 Å². The van der Waals surface area contributed by atoms with Crippen LogP contribution in [0.1, 0.15) is 23.3 Å². The van der Waals surface area contributed by atoms with Crippen molar-refractivity contribution in [3.05, 3.63) is 18.0 Å². The van der Waals surface area contributed by atoms with Crippen molar-refractivity contribution in [1.29, 1.82) is 0 Å². The summed E-state index contributed by atoms with van der Waals surface area (Å²) >= 11 is 0. The van der Waals surface area contributed by atoms with Crippen molar-refractivity contribution in [3.8, 4) is 0 Å². The first kappa shape index (κ1) is 11.1. The maximum absolute atomic E-state index is 12.1. The molecule has 88 valence electrons. The molecule has 1 fully saturated rings. The highest BCUT2D eigenvalue weighted by Gasteiger charge is 2.35. The summed E-state index contributed by atoms with van der Waals surface area (Å²) in [6.45, 7) is 0.528. The van der Waals surface area contributed by atoms with Crippen LogP contribution < -0.4 is 5.73 Å². The Morgan fingerprint density at radius 2 is 2.44 bits per heavy atom. The molecule has 2 rings (SSSR count). The van der Waals surface area contributed by atoms with Gasteiger partial charge >= 0.3 is 0 Å². The zero-order valence-corrected chi connectivity index (χ0v) is 9.76. The Labute approximate surface area is 95.2 Å². The fourth-order valence-corrected chi connectivity index (χ4v) is 2.01. The molecule has 1 aliphatic rings. The van der Waals surface area contributed by atoms with Crippen LogP contribution in [0.25, 0.3) is 0 Å². The van der Waals surface area contributed by atoms with Gasteiger partial charge in [0.15, 0.2) is 0 Å². The zero-order valence-electron chi connectivity index (χ0n) is 9.76. The maximum Gasteiger partial charge on any atom is 0.274 e. The number of amides is 1. The van der Waals surface area contributed by atoms with Gasteiger partial charge in [-0.15, -0.1) is 0 Å². The summed E-state index contributed by atoms with van der Waals surface area (Å²) in [5, 5.41) is 4.11. The van der Waals surface area contributed by atoms with E-state index in [0.717, 1.165) is 0 Å². The first-order valence-corrected chi connectivity index (χ1v) is 5.60. The molecule has 1 aliphatic carbocycles. The van der Waals surface area contributed by atoms with E-state index in [9.17, 15) is 4.79 Å². The monoisotopic (exact) mass is 222 g/mol. The van der Waals surface area contributed by atoms with Crippen LogP contribution in [0.3, 0.4) is 0 Å². The number of nitrogens with two attached hydrogens (primary N) is 1. The Morgan fingerprint density at radius 1 is 1.75 bits per heavy atom. The summed E-state index contributed by atoms with van der Waals surface area (Å²) < 4.78 is 1.63. The summed E-state index contributed by atoms with van der Waals surface area (Å²) in [4.78, 5) is 13.8. The number of hydrogen-bond donors (Lipinski definition) is 1. The maximum atomic E-state index is 12.1. The van der Waals surface area contributed by atoms with Crippen LogP contribution in [-0.2, 0) is 7.05 Å². The quantitative estimate of drug-likeness (QED) is 0.793. The van der Waals surface area contributed by atoms with Crippen LogP contribution in [0.5, 0.6) is 0 Å². The molecule has 2 N–H and O–H groups in total. The molecule has 1 unspecified atom stereocenters. The van der Waals surface area contributed by atoms with E-state index < -0.39 is 0 Å². The smallest absolute Gasteiger partial charge is 0.274 e. The van der Waals surface area contributed by atoms with Crippen LogP contribution >= 0.6 is 0 Å². The molecular weight excluding hydrogens is 204 g/mol. The molecule has 1 amide bonds. The van der Waals surface area contributed by atoms with E-state index in [-0.39, 0.29) is 11.9 Å². The van der Waals surface area contributed by atoms with Gasteiger partial charge < -0.3 is 10.6 Å². The molecule has 0 aliphatic heterocycles. The van der Waals surface area contributed by atoms with Gasteiger partial charge in [0.25, 0.3) is 5.91 Å². The number of hydrogen-bond acceptors (Lipinski definition) is 3. The molecule has 1 saturated carbocycles. The van der Waals surface area contributed by atoms with Gasteiger partial charge in [-0.2, -0.15) is 5.10 Å². The van der Waals surface area contributed by atoms with Gasteiger partial charge in [-0.1, -0.05) is 0 Å². The van der Waals surface area contributed by atoms with E-state index in [4.69, 9.17) is 5.73 Å². The predicted molar refractivity (Wildman–Crippen MR) is 60.9 cm³/mol. The number of nitrogens with zero attached hydrogens (tertiary/aromatic N) is 3. The van der Waals surface area contributed by atoms with Crippen LogP contribution in [-0.4, -0.2) is 40.2 Å². The van der Waals surface area contributed by atoms with Crippen LogP contribution in [0.15, 0.2) is 12.3 Å². The Bertz CT molecular complexity index is 383. The molecule has 0 radical (unpaired) electrons. The summed E-state index contributed by atoms with van der Waals surface area (Å²) in [5.74, 6) is 0.547. The van der Waals surface area contributed by atoms with Crippen LogP contribution in [0.4, 0.5) is 0 Å². The molecule has 0 aromatic carbocycles. The number of aryl methyl sites for hydroxylation is 1. The molecule has 0 bridgehead atoms. The number of carbonyl (C=O) groups excluding carboxylic acids is 1. The molecule has 0 spiro atoms. The van der Waals surface area contributed by atoms with E-state index >= 15 is 0 Å². The lowest BCUT2D eigenvalue weighted by molar-refractivity contribution is 0.0712. The van der Waals surface area contributed by atoms with Crippen molar-refractivity contribution >= 4 is 5.91 Å². The van der Waals surface area contributed by atoms with Gasteiger partial charge in [0.1, 0.15) is 5.69 Å². The van der Waals surface area contributed by atoms with E-state index in [1.165, 1.54) is 12.8 Å². The molecule has 1 atom stereocenters. The van der Waals surface area contributed by atoms with Crippen molar-refractivity contribution in [2.45, 2.75) is 18.9 Å². The standard InChI is InChI=1S/C11H18N4O/c1-14-6-5-9(13-14)11(16)15(2)10(7-12)8-3-4-8/h5-6,8,10H,3-4,7,12H2,1-2H3. The molecular formula is C11H18N4O. The van der Waals surface area contributed by atoms with Gasteiger partial charge in [0.05, 0.1) is 0 Å². The summed E-state index contributed by atoms with van der Waals surface area (Å²) in [6, 6.07) is 1.90. The lowest BCUT2D eigenvalue weighted by atomic mass is 10.1. The Morgan fingerprint density at radius 3 is 2.88 bits per heavy atom.